The average molecular weight is 259 g/mol. The molecule has 0 bridgehead atoms. The standard InChI is InChI=1S/C13H16BN2O3/c1-8-6-16(7-9(2)18-8)13-10-5-12(14-17)19-11(10)3-4-15-13/h3-5,8-9,17H,6-7H2,1-2H3. The van der Waals surface area contributed by atoms with Crippen LogP contribution in [-0.2, 0) is 4.74 Å². The Labute approximate surface area is 112 Å². The molecule has 1 radical (unpaired) electrons. The number of fused-ring (bicyclic) bond motifs is 1. The summed E-state index contributed by atoms with van der Waals surface area (Å²) in [5.41, 5.74) is 1.18. The SMILES string of the molecule is CC1CN(c2nccc3oc([B]O)cc23)CC(C)O1. The van der Waals surface area contributed by atoms with Crippen LogP contribution in [0.1, 0.15) is 13.8 Å². The zero-order chi connectivity index (χ0) is 13.4. The molecule has 1 fully saturated rings. The zero-order valence-corrected chi connectivity index (χ0v) is 11.0. The molecule has 5 nitrogen and oxygen atoms in total. The van der Waals surface area contributed by atoms with Crippen molar-refractivity contribution in [3.8, 4) is 0 Å². The summed E-state index contributed by atoms with van der Waals surface area (Å²) in [6.07, 6.45) is 2.08. The van der Waals surface area contributed by atoms with Gasteiger partial charge in [0, 0.05) is 19.3 Å². The summed E-state index contributed by atoms with van der Waals surface area (Å²) in [4.78, 5) is 6.67. The van der Waals surface area contributed by atoms with E-state index in [1.807, 2.05) is 6.07 Å². The van der Waals surface area contributed by atoms with Gasteiger partial charge in [-0.15, -0.1) is 0 Å². The van der Waals surface area contributed by atoms with Crippen molar-refractivity contribution in [1.82, 2.24) is 4.98 Å². The first kappa shape index (κ1) is 12.5. The molecule has 0 aliphatic carbocycles. The summed E-state index contributed by atoms with van der Waals surface area (Å²) in [6.45, 7) is 5.73. The Kier molecular flexibility index (Phi) is 3.20. The quantitative estimate of drug-likeness (QED) is 0.803. The maximum Gasteiger partial charge on any atom is 0.373 e. The molecule has 2 atom stereocenters. The van der Waals surface area contributed by atoms with E-state index in [1.165, 1.54) is 0 Å². The fraction of sp³-hybridized carbons (Fsp3) is 0.462. The monoisotopic (exact) mass is 259 g/mol. The Morgan fingerprint density at radius 1 is 1.37 bits per heavy atom. The van der Waals surface area contributed by atoms with Gasteiger partial charge in [0.25, 0.3) is 0 Å². The number of aromatic nitrogens is 1. The molecule has 2 aromatic rings. The highest BCUT2D eigenvalue weighted by Gasteiger charge is 2.25. The van der Waals surface area contributed by atoms with E-state index >= 15 is 0 Å². The van der Waals surface area contributed by atoms with Gasteiger partial charge in [-0.05, 0) is 26.0 Å². The van der Waals surface area contributed by atoms with Crippen LogP contribution < -0.4 is 10.6 Å². The van der Waals surface area contributed by atoms with Gasteiger partial charge in [-0.3, -0.25) is 0 Å². The number of rotatable bonds is 2. The highest BCUT2D eigenvalue weighted by Crippen LogP contribution is 2.26. The van der Waals surface area contributed by atoms with Crippen molar-refractivity contribution in [3.63, 3.8) is 0 Å². The Morgan fingerprint density at radius 3 is 2.79 bits per heavy atom. The van der Waals surface area contributed by atoms with Gasteiger partial charge in [0.1, 0.15) is 11.4 Å². The van der Waals surface area contributed by atoms with E-state index < -0.39 is 0 Å². The first-order chi connectivity index (χ1) is 9.17. The summed E-state index contributed by atoms with van der Waals surface area (Å²) in [7, 11) is 0.967. The third kappa shape index (κ3) is 2.33. The van der Waals surface area contributed by atoms with Crippen molar-refractivity contribution >= 4 is 29.9 Å². The lowest BCUT2D eigenvalue weighted by atomic mass is 9.98. The van der Waals surface area contributed by atoms with Gasteiger partial charge in [0.2, 0.25) is 0 Å². The second-order valence-electron chi connectivity index (χ2n) is 4.99. The van der Waals surface area contributed by atoms with Crippen molar-refractivity contribution in [2.75, 3.05) is 18.0 Å². The Bertz CT molecular complexity index is 576. The normalized spacial score (nSPS) is 23.8. The summed E-state index contributed by atoms with van der Waals surface area (Å²) in [5.74, 6) is 0.886. The lowest BCUT2D eigenvalue weighted by Gasteiger charge is -2.36. The number of anilines is 1. The number of furan rings is 1. The molecule has 99 valence electrons. The van der Waals surface area contributed by atoms with Crippen LogP contribution in [0.3, 0.4) is 0 Å². The number of nitrogens with zero attached hydrogens (tertiary/aromatic N) is 2. The summed E-state index contributed by atoms with van der Waals surface area (Å²) in [5, 5.41) is 9.97. The molecule has 1 N–H and O–H groups in total. The van der Waals surface area contributed by atoms with Gasteiger partial charge in [-0.25, -0.2) is 4.98 Å². The van der Waals surface area contributed by atoms with Crippen LogP contribution in [0.25, 0.3) is 11.0 Å². The fourth-order valence-electron chi connectivity index (χ4n) is 2.63. The zero-order valence-electron chi connectivity index (χ0n) is 11.0. The maximum absolute atomic E-state index is 9.05. The van der Waals surface area contributed by atoms with Crippen molar-refractivity contribution < 1.29 is 14.2 Å². The van der Waals surface area contributed by atoms with E-state index in [0.717, 1.165) is 37.4 Å². The van der Waals surface area contributed by atoms with E-state index in [1.54, 1.807) is 12.3 Å². The van der Waals surface area contributed by atoms with Crippen LogP contribution in [0, 0.1) is 0 Å². The smallest absolute Gasteiger partial charge is 0.373 e. The third-order valence-electron chi connectivity index (χ3n) is 3.29. The molecule has 1 aliphatic rings. The molecular weight excluding hydrogens is 243 g/mol. The predicted molar refractivity (Wildman–Crippen MR) is 73.8 cm³/mol. The van der Waals surface area contributed by atoms with Gasteiger partial charge in [-0.2, -0.15) is 0 Å². The molecule has 0 amide bonds. The molecular formula is C13H16BN2O3. The molecule has 1 aliphatic heterocycles. The third-order valence-corrected chi connectivity index (χ3v) is 3.29. The maximum atomic E-state index is 9.05. The van der Waals surface area contributed by atoms with Crippen molar-refractivity contribution in [2.24, 2.45) is 0 Å². The molecule has 2 unspecified atom stereocenters. The largest absolute Gasteiger partial charge is 0.468 e. The first-order valence-corrected chi connectivity index (χ1v) is 6.43. The number of hydrogen-bond donors (Lipinski definition) is 1. The molecule has 0 spiro atoms. The van der Waals surface area contributed by atoms with Gasteiger partial charge in [0.05, 0.1) is 23.3 Å². The summed E-state index contributed by atoms with van der Waals surface area (Å²) in [6, 6.07) is 3.61. The summed E-state index contributed by atoms with van der Waals surface area (Å²) < 4.78 is 11.2. The Balaban J connectivity index is 2.01. The number of ether oxygens (including phenoxy) is 1. The van der Waals surface area contributed by atoms with Gasteiger partial charge < -0.3 is 19.1 Å². The van der Waals surface area contributed by atoms with Crippen LogP contribution in [0.4, 0.5) is 5.82 Å². The van der Waals surface area contributed by atoms with Crippen LogP contribution in [0.5, 0.6) is 0 Å². The molecule has 0 aromatic carbocycles. The predicted octanol–water partition coefficient (Wildman–Crippen LogP) is 0.678. The number of pyridine rings is 1. The van der Waals surface area contributed by atoms with Crippen LogP contribution in [0.15, 0.2) is 22.7 Å². The highest BCUT2D eigenvalue weighted by atomic mass is 16.5. The molecule has 0 saturated carbocycles. The van der Waals surface area contributed by atoms with E-state index in [2.05, 4.69) is 23.7 Å². The molecule has 6 heteroatoms. The van der Waals surface area contributed by atoms with Crippen LogP contribution in [-0.4, -0.2) is 42.8 Å². The molecule has 3 heterocycles. The second kappa shape index (κ2) is 4.87. The highest BCUT2D eigenvalue weighted by molar-refractivity contribution is 6.44. The minimum absolute atomic E-state index is 0.177. The molecule has 19 heavy (non-hydrogen) atoms. The first-order valence-electron chi connectivity index (χ1n) is 6.43. The van der Waals surface area contributed by atoms with Gasteiger partial charge in [0.15, 0.2) is 0 Å². The molecule has 1 saturated heterocycles. The Hall–Kier alpha value is -1.53. The van der Waals surface area contributed by atoms with E-state index in [-0.39, 0.29) is 12.2 Å². The van der Waals surface area contributed by atoms with Crippen molar-refractivity contribution in [3.05, 3.63) is 18.3 Å². The average Bonchev–Trinajstić information content (AvgIpc) is 2.80. The molecule has 2 aromatic heterocycles. The fourth-order valence-corrected chi connectivity index (χ4v) is 2.63. The summed E-state index contributed by atoms with van der Waals surface area (Å²) >= 11 is 0. The number of morpholine rings is 1. The van der Waals surface area contributed by atoms with Gasteiger partial charge >= 0.3 is 7.48 Å². The topological polar surface area (TPSA) is 58.7 Å². The lowest BCUT2D eigenvalue weighted by molar-refractivity contribution is -0.00536. The van der Waals surface area contributed by atoms with Crippen molar-refractivity contribution in [1.29, 1.82) is 0 Å². The van der Waals surface area contributed by atoms with Gasteiger partial charge in [-0.1, -0.05) is 0 Å². The van der Waals surface area contributed by atoms with E-state index in [9.17, 15) is 0 Å². The second-order valence-corrected chi connectivity index (χ2v) is 4.99. The van der Waals surface area contributed by atoms with E-state index in [0.29, 0.717) is 5.66 Å². The van der Waals surface area contributed by atoms with E-state index in [4.69, 9.17) is 14.2 Å². The van der Waals surface area contributed by atoms with Crippen molar-refractivity contribution in [2.45, 2.75) is 26.1 Å². The minimum atomic E-state index is 0.177. The van der Waals surface area contributed by atoms with Crippen LogP contribution >= 0.6 is 0 Å². The Morgan fingerprint density at radius 2 is 2.11 bits per heavy atom. The minimum Gasteiger partial charge on any atom is -0.468 e. The number of hydrogen-bond acceptors (Lipinski definition) is 5. The molecule has 3 rings (SSSR count). The lowest BCUT2D eigenvalue weighted by Crippen LogP contribution is -2.45. The van der Waals surface area contributed by atoms with Crippen LogP contribution in [0.2, 0.25) is 0 Å².